The van der Waals surface area contributed by atoms with Gasteiger partial charge in [0.15, 0.2) is 0 Å². The fourth-order valence-corrected chi connectivity index (χ4v) is 1.26. The molecule has 90 valence electrons. The number of ether oxygens (including phenoxy) is 2. The summed E-state index contributed by atoms with van der Waals surface area (Å²) >= 11 is 0. The van der Waals surface area contributed by atoms with Crippen LogP contribution in [0.4, 0.5) is 0 Å². The zero-order valence-electron chi connectivity index (χ0n) is 9.62. The molecule has 0 aliphatic carbocycles. The third-order valence-corrected chi connectivity index (χ3v) is 1.87. The molecule has 1 atom stereocenters. The van der Waals surface area contributed by atoms with Crippen molar-refractivity contribution >= 4 is 5.91 Å². The molecule has 0 aliphatic rings. The number of carbonyl (C=O) groups excluding carboxylic acids is 1. The summed E-state index contributed by atoms with van der Waals surface area (Å²) in [4.78, 5) is 11.3. The Hall–Kier alpha value is -0.650. The van der Waals surface area contributed by atoms with Crippen LogP contribution < -0.4 is 11.1 Å². The van der Waals surface area contributed by atoms with E-state index in [-0.39, 0.29) is 18.6 Å². The van der Waals surface area contributed by atoms with Crippen molar-refractivity contribution in [1.82, 2.24) is 5.32 Å². The van der Waals surface area contributed by atoms with Gasteiger partial charge in [-0.05, 0) is 6.42 Å². The van der Waals surface area contributed by atoms with Gasteiger partial charge in [-0.2, -0.15) is 0 Å². The molecule has 0 heterocycles. The van der Waals surface area contributed by atoms with Crippen LogP contribution in [-0.4, -0.2) is 45.4 Å². The lowest BCUT2D eigenvalue weighted by Crippen LogP contribution is -2.40. The molecule has 0 bridgehead atoms. The largest absolute Gasteiger partial charge is 0.383 e. The molecule has 0 rings (SSSR count). The van der Waals surface area contributed by atoms with Crippen LogP contribution in [0.3, 0.4) is 0 Å². The molecular formula is C10H22N2O3. The number of carbonyl (C=O) groups is 1. The molecule has 0 aromatic carbocycles. The van der Waals surface area contributed by atoms with Crippen LogP contribution in [0.15, 0.2) is 0 Å². The van der Waals surface area contributed by atoms with E-state index < -0.39 is 0 Å². The van der Waals surface area contributed by atoms with Crippen LogP contribution in [0.5, 0.6) is 0 Å². The number of amides is 1. The first kappa shape index (κ1) is 14.3. The third kappa shape index (κ3) is 8.35. The summed E-state index contributed by atoms with van der Waals surface area (Å²) in [6, 6.07) is 0.0778. The summed E-state index contributed by atoms with van der Waals surface area (Å²) in [7, 11) is 1.62. The van der Waals surface area contributed by atoms with Gasteiger partial charge in [0.05, 0.1) is 19.3 Å². The fraction of sp³-hybridized carbons (Fsp3) is 0.900. The maximum atomic E-state index is 11.3. The van der Waals surface area contributed by atoms with Crippen molar-refractivity contribution in [2.75, 3.05) is 33.5 Å². The fourth-order valence-electron chi connectivity index (χ4n) is 1.26. The molecule has 0 aromatic heterocycles. The molecule has 0 radical (unpaired) electrons. The highest BCUT2D eigenvalue weighted by Gasteiger charge is 2.10. The van der Waals surface area contributed by atoms with Crippen molar-refractivity contribution in [3.63, 3.8) is 0 Å². The molecule has 0 aliphatic heterocycles. The van der Waals surface area contributed by atoms with Crippen molar-refractivity contribution in [3.05, 3.63) is 0 Å². The Kier molecular flexibility index (Phi) is 9.46. The molecule has 1 amide bonds. The SMILES string of the molecule is CCCC(COC)NC(=O)COCCN. The molecule has 3 N–H and O–H groups in total. The zero-order chi connectivity index (χ0) is 11.5. The maximum Gasteiger partial charge on any atom is 0.246 e. The molecule has 0 saturated heterocycles. The average molecular weight is 218 g/mol. The molecule has 0 saturated carbocycles. The van der Waals surface area contributed by atoms with E-state index in [9.17, 15) is 4.79 Å². The van der Waals surface area contributed by atoms with Crippen molar-refractivity contribution < 1.29 is 14.3 Å². The average Bonchev–Trinajstić information content (AvgIpc) is 2.19. The lowest BCUT2D eigenvalue weighted by Gasteiger charge is -2.16. The van der Waals surface area contributed by atoms with Gasteiger partial charge in [-0.25, -0.2) is 0 Å². The van der Waals surface area contributed by atoms with Gasteiger partial charge in [0.2, 0.25) is 5.91 Å². The first-order valence-electron chi connectivity index (χ1n) is 5.30. The van der Waals surface area contributed by atoms with Gasteiger partial charge in [-0.3, -0.25) is 4.79 Å². The third-order valence-electron chi connectivity index (χ3n) is 1.87. The minimum Gasteiger partial charge on any atom is -0.383 e. The molecule has 15 heavy (non-hydrogen) atoms. The first-order valence-corrected chi connectivity index (χ1v) is 5.30. The summed E-state index contributed by atoms with van der Waals surface area (Å²) in [5, 5.41) is 2.85. The van der Waals surface area contributed by atoms with Gasteiger partial charge >= 0.3 is 0 Å². The quantitative estimate of drug-likeness (QED) is 0.530. The number of rotatable bonds is 9. The van der Waals surface area contributed by atoms with Crippen molar-refractivity contribution in [3.8, 4) is 0 Å². The second kappa shape index (κ2) is 9.89. The van der Waals surface area contributed by atoms with Gasteiger partial charge in [0.25, 0.3) is 0 Å². The van der Waals surface area contributed by atoms with E-state index >= 15 is 0 Å². The number of nitrogens with two attached hydrogens (primary N) is 1. The summed E-state index contributed by atoms with van der Waals surface area (Å²) in [5.74, 6) is -0.112. The normalized spacial score (nSPS) is 12.5. The van der Waals surface area contributed by atoms with Gasteiger partial charge in [-0.1, -0.05) is 13.3 Å². The van der Waals surface area contributed by atoms with Gasteiger partial charge in [-0.15, -0.1) is 0 Å². The van der Waals surface area contributed by atoms with Crippen LogP contribution in [0.1, 0.15) is 19.8 Å². The summed E-state index contributed by atoms with van der Waals surface area (Å²) in [6.45, 7) is 3.53. The van der Waals surface area contributed by atoms with Gasteiger partial charge in [0.1, 0.15) is 6.61 Å². The van der Waals surface area contributed by atoms with E-state index in [0.29, 0.717) is 19.8 Å². The molecule has 5 heteroatoms. The van der Waals surface area contributed by atoms with Crippen LogP contribution in [0.25, 0.3) is 0 Å². The Bertz CT molecular complexity index is 159. The van der Waals surface area contributed by atoms with E-state index in [1.807, 2.05) is 0 Å². The summed E-state index contributed by atoms with van der Waals surface area (Å²) < 4.78 is 10.0. The lowest BCUT2D eigenvalue weighted by molar-refractivity contribution is -0.126. The minimum absolute atomic E-state index is 0.0706. The van der Waals surface area contributed by atoms with E-state index in [1.54, 1.807) is 7.11 Å². The molecule has 1 unspecified atom stereocenters. The Labute approximate surface area is 91.3 Å². The smallest absolute Gasteiger partial charge is 0.246 e. The Morgan fingerprint density at radius 3 is 2.80 bits per heavy atom. The second-order valence-electron chi connectivity index (χ2n) is 3.35. The van der Waals surface area contributed by atoms with Crippen molar-refractivity contribution in [1.29, 1.82) is 0 Å². The summed E-state index contributed by atoms with van der Waals surface area (Å²) in [5.41, 5.74) is 5.23. The van der Waals surface area contributed by atoms with Gasteiger partial charge < -0.3 is 20.5 Å². The van der Waals surface area contributed by atoms with E-state index in [2.05, 4.69) is 12.2 Å². The van der Waals surface area contributed by atoms with Crippen molar-refractivity contribution in [2.24, 2.45) is 5.73 Å². The molecule has 0 aromatic rings. The van der Waals surface area contributed by atoms with Crippen LogP contribution >= 0.6 is 0 Å². The highest BCUT2D eigenvalue weighted by Crippen LogP contribution is 1.96. The Morgan fingerprint density at radius 2 is 2.27 bits per heavy atom. The van der Waals surface area contributed by atoms with E-state index in [1.165, 1.54) is 0 Å². The topological polar surface area (TPSA) is 73.6 Å². The summed E-state index contributed by atoms with van der Waals surface area (Å²) in [6.07, 6.45) is 1.93. The standard InChI is InChI=1S/C10H22N2O3/c1-3-4-9(7-14-2)12-10(13)8-15-6-5-11/h9H,3-8,11H2,1-2H3,(H,12,13). The van der Waals surface area contributed by atoms with Gasteiger partial charge in [0, 0.05) is 13.7 Å². The molecular weight excluding hydrogens is 196 g/mol. The Morgan fingerprint density at radius 1 is 1.53 bits per heavy atom. The maximum absolute atomic E-state index is 11.3. The van der Waals surface area contributed by atoms with Crippen molar-refractivity contribution in [2.45, 2.75) is 25.8 Å². The number of hydrogen-bond acceptors (Lipinski definition) is 4. The lowest BCUT2D eigenvalue weighted by atomic mass is 10.2. The van der Waals surface area contributed by atoms with Crippen LogP contribution in [-0.2, 0) is 14.3 Å². The number of methoxy groups -OCH3 is 1. The molecule has 5 nitrogen and oxygen atoms in total. The predicted octanol–water partition coefficient (Wildman–Crippen LogP) is -0.107. The van der Waals surface area contributed by atoms with E-state index in [4.69, 9.17) is 15.2 Å². The number of nitrogens with one attached hydrogen (secondary N) is 1. The molecule has 0 fully saturated rings. The van der Waals surface area contributed by atoms with E-state index in [0.717, 1.165) is 12.8 Å². The highest BCUT2D eigenvalue weighted by molar-refractivity contribution is 5.77. The number of hydrogen-bond donors (Lipinski definition) is 2. The Balaban J connectivity index is 3.67. The zero-order valence-corrected chi connectivity index (χ0v) is 9.62. The highest BCUT2D eigenvalue weighted by atomic mass is 16.5. The molecule has 0 spiro atoms. The van der Waals surface area contributed by atoms with Crippen LogP contribution in [0, 0.1) is 0 Å². The predicted molar refractivity (Wildman–Crippen MR) is 58.6 cm³/mol. The van der Waals surface area contributed by atoms with Crippen LogP contribution in [0.2, 0.25) is 0 Å². The minimum atomic E-state index is -0.112. The second-order valence-corrected chi connectivity index (χ2v) is 3.35. The monoisotopic (exact) mass is 218 g/mol. The first-order chi connectivity index (χ1) is 7.24.